The van der Waals surface area contributed by atoms with Crippen molar-refractivity contribution in [3.05, 3.63) is 76.8 Å². The number of carbonyl (C=O) groups is 1. The summed E-state index contributed by atoms with van der Waals surface area (Å²) in [5.74, 6) is 0.324. The van der Waals surface area contributed by atoms with Gasteiger partial charge in [-0.1, -0.05) is 32.0 Å². The minimum atomic E-state index is -0.125. The van der Waals surface area contributed by atoms with Crippen molar-refractivity contribution in [1.82, 2.24) is 9.55 Å². The number of nitrogens with one attached hydrogen (secondary N) is 2. The van der Waals surface area contributed by atoms with E-state index in [9.17, 15) is 4.79 Å². The molecule has 2 aromatic carbocycles. The fraction of sp³-hybridized carbons (Fsp3) is 0.158. The first kappa shape index (κ1) is 16.2. The number of H-pyrrole nitrogens is 1. The zero-order chi connectivity index (χ0) is 17.1. The van der Waals surface area contributed by atoms with Crippen LogP contribution in [0.15, 0.2) is 60.9 Å². The molecule has 0 fully saturated rings. The van der Waals surface area contributed by atoms with E-state index in [-0.39, 0.29) is 5.91 Å². The number of amides is 1. The summed E-state index contributed by atoms with van der Waals surface area (Å²) in [6.45, 7) is 4.26. The van der Waals surface area contributed by atoms with Crippen LogP contribution >= 0.6 is 12.2 Å². The Balaban J connectivity index is 1.80. The fourth-order valence-electron chi connectivity index (χ4n) is 2.48. The molecule has 0 aliphatic heterocycles. The van der Waals surface area contributed by atoms with Gasteiger partial charge in [0.25, 0.3) is 5.91 Å². The minimum absolute atomic E-state index is 0.125. The van der Waals surface area contributed by atoms with Gasteiger partial charge in [0.05, 0.1) is 0 Å². The molecule has 24 heavy (non-hydrogen) atoms. The maximum atomic E-state index is 12.4. The number of aromatic amines is 1. The third kappa shape index (κ3) is 3.46. The highest BCUT2D eigenvalue weighted by molar-refractivity contribution is 7.71. The Morgan fingerprint density at radius 2 is 1.92 bits per heavy atom. The number of rotatable bonds is 4. The molecule has 0 atom stereocenters. The maximum absolute atomic E-state index is 12.4. The van der Waals surface area contributed by atoms with E-state index in [2.05, 4.69) is 24.1 Å². The van der Waals surface area contributed by atoms with E-state index in [1.54, 1.807) is 6.20 Å². The standard InChI is InChI=1S/C19H19N3OS/c1-13(2)14-6-8-15(9-7-14)18(23)21-16-4-3-5-17(12-16)22-11-10-20-19(22)24/h3-13H,1-2H3,(H,20,24)(H,21,23). The van der Waals surface area contributed by atoms with E-state index in [0.29, 0.717) is 16.3 Å². The third-order valence-electron chi connectivity index (χ3n) is 3.87. The topological polar surface area (TPSA) is 49.8 Å². The molecule has 0 radical (unpaired) electrons. The van der Waals surface area contributed by atoms with Gasteiger partial charge in [0, 0.05) is 29.3 Å². The normalized spacial score (nSPS) is 10.8. The number of benzene rings is 2. The second kappa shape index (κ2) is 6.84. The molecule has 1 amide bonds. The highest BCUT2D eigenvalue weighted by atomic mass is 32.1. The Hall–Kier alpha value is -2.66. The van der Waals surface area contributed by atoms with Crippen molar-refractivity contribution in [3.8, 4) is 5.69 Å². The van der Waals surface area contributed by atoms with E-state index in [1.807, 2.05) is 59.3 Å². The summed E-state index contributed by atoms with van der Waals surface area (Å²) in [4.78, 5) is 15.4. The van der Waals surface area contributed by atoms with Crippen LogP contribution in [-0.4, -0.2) is 15.5 Å². The van der Waals surface area contributed by atoms with Gasteiger partial charge in [0.1, 0.15) is 0 Å². The monoisotopic (exact) mass is 337 g/mol. The Labute approximate surface area is 146 Å². The highest BCUT2D eigenvalue weighted by Crippen LogP contribution is 2.18. The molecule has 3 rings (SSSR count). The van der Waals surface area contributed by atoms with Gasteiger partial charge in [-0.05, 0) is 54.0 Å². The van der Waals surface area contributed by atoms with Crippen LogP contribution in [0.2, 0.25) is 0 Å². The van der Waals surface area contributed by atoms with E-state index in [0.717, 1.165) is 11.4 Å². The SMILES string of the molecule is CC(C)c1ccc(C(=O)Nc2cccc(-n3cc[nH]c3=S)c2)cc1. The van der Waals surface area contributed by atoms with E-state index < -0.39 is 0 Å². The molecule has 0 aliphatic rings. The number of aromatic nitrogens is 2. The Morgan fingerprint density at radius 3 is 2.54 bits per heavy atom. The predicted molar refractivity (Wildman–Crippen MR) is 99.4 cm³/mol. The van der Waals surface area contributed by atoms with Gasteiger partial charge in [-0.2, -0.15) is 0 Å². The van der Waals surface area contributed by atoms with Gasteiger partial charge in [-0.25, -0.2) is 0 Å². The molecular weight excluding hydrogens is 318 g/mol. The van der Waals surface area contributed by atoms with Crippen molar-refractivity contribution in [3.63, 3.8) is 0 Å². The van der Waals surface area contributed by atoms with Crippen LogP contribution in [0.4, 0.5) is 5.69 Å². The minimum Gasteiger partial charge on any atom is -0.337 e. The van der Waals surface area contributed by atoms with Crippen LogP contribution in [0.5, 0.6) is 0 Å². The molecule has 4 nitrogen and oxygen atoms in total. The molecule has 122 valence electrons. The van der Waals surface area contributed by atoms with Gasteiger partial charge >= 0.3 is 0 Å². The lowest BCUT2D eigenvalue weighted by Gasteiger charge is -2.09. The van der Waals surface area contributed by atoms with Crippen LogP contribution in [0.3, 0.4) is 0 Å². The number of nitrogens with zero attached hydrogens (tertiary/aromatic N) is 1. The van der Waals surface area contributed by atoms with Crippen LogP contribution < -0.4 is 5.32 Å². The average molecular weight is 337 g/mol. The molecule has 1 aromatic heterocycles. The lowest BCUT2D eigenvalue weighted by Crippen LogP contribution is -2.12. The Kier molecular flexibility index (Phi) is 4.62. The molecule has 0 bridgehead atoms. The summed E-state index contributed by atoms with van der Waals surface area (Å²) in [7, 11) is 0. The zero-order valence-electron chi connectivity index (χ0n) is 13.6. The summed E-state index contributed by atoms with van der Waals surface area (Å²) in [6.07, 6.45) is 3.64. The number of anilines is 1. The second-order valence-electron chi connectivity index (χ2n) is 5.92. The van der Waals surface area contributed by atoms with Gasteiger partial charge in [0.2, 0.25) is 0 Å². The first-order chi connectivity index (χ1) is 11.5. The van der Waals surface area contributed by atoms with E-state index >= 15 is 0 Å². The van der Waals surface area contributed by atoms with Crippen molar-refractivity contribution >= 4 is 23.8 Å². The summed E-state index contributed by atoms with van der Waals surface area (Å²) < 4.78 is 2.46. The van der Waals surface area contributed by atoms with Crippen LogP contribution in [0, 0.1) is 4.77 Å². The first-order valence-corrected chi connectivity index (χ1v) is 8.23. The third-order valence-corrected chi connectivity index (χ3v) is 4.19. The molecule has 0 unspecified atom stereocenters. The number of carbonyl (C=O) groups excluding carboxylic acids is 1. The molecular formula is C19H19N3OS. The Bertz CT molecular complexity index is 907. The van der Waals surface area contributed by atoms with Crippen molar-refractivity contribution in [2.45, 2.75) is 19.8 Å². The predicted octanol–water partition coefficient (Wildman–Crippen LogP) is 4.91. The summed E-state index contributed by atoms with van der Waals surface area (Å²) in [6, 6.07) is 15.3. The fourth-order valence-corrected chi connectivity index (χ4v) is 2.71. The van der Waals surface area contributed by atoms with Gasteiger partial charge in [-0.15, -0.1) is 0 Å². The van der Waals surface area contributed by atoms with E-state index in [1.165, 1.54) is 5.56 Å². The maximum Gasteiger partial charge on any atom is 0.255 e. The number of hydrogen-bond acceptors (Lipinski definition) is 2. The van der Waals surface area contributed by atoms with Crippen LogP contribution in [0.1, 0.15) is 35.7 Å². The van der Waals surface area contributed by atoms with Gasteiger partial charge in [0.15, 0.2) is 4.77 Å². The Morgan fingerprint density at radius 1 is 1.17 bits per heavy atom. The van der Waals surface area contributed by atoms with Crippen molar-refractivity contribution in [2.75, 3.05) is 5.32 Å². The lowest BCUT2D eigenvalue weighted by atomic mass is 10.0. The molecule has 5 heteroatoms. The van der Waals surface area contributed by atoms with Crippen molar-refractivity contribution < 1.29 is 4.79 Å². The molecule has 3 aromatic rings. The largest absolute Gasteiger partial charge is 0.337 e. The molecule has 2 N–H and O–H groups in total. The summed E-state index contributed by atoms with van der Waals surface area (Å²) in [5, 5.41) is 2.93. The molecule has 0 spiro atoms. The molecule has 0 aliphatic carbocycles. The van der Waals surface area contributed by atoms with Crippen LogP contribution in [0.25, 0.3) is 5.69 Å². The second-order valence-corrected chi connectivity index (χ2v) is 6.30. The first-order valence-electron chi connectivity index (χ1n) is 7.82. The smallest absolute Gasteiger partial charge is 0.255 e. The number of imidazole rings is 1. The zero-order valence-corrected chi connectivity index (χ0v) is 14.4. The van der Waals surface area contributed by atoms with E-state index in [4.69, 9.17) is 12.2 Å². The molecule has 0 saturated carbocycles. The quantitative estimate of drug-likeness (QED) is 0.665. The lowest BCUT2D eigenvalue weighted by molar-refractivity contribution is 0.102. The summed E-state index contributed by atoms with van der Waals surface area (Å²) >= 11 is 5.23. The van der Waals surface area contributed by atoms with Crippen molar-refractivity contribution in [2.24, 2.45) is 0 Å². The molecule has 1 heterocycles. The number of hydrogen-bond donors (Lipinski definition) is 2. The average Bonchev–Trinajstić information content (AvgIpc) is 3.01. The highest BCUT2D eigenvalue weighted by Gasteiger charge is 2.08. The van der Waals surface area contributed by atoms with Crippen LogP contribution in [-0.2, 0) is 0 Å². The molecule has 0 saturated heterocycles. The van der Waals surface area contributed by atoms with Gasteiger partial charge in [-0.3, -0.25) is 9.36 Å². The van der Waals surface area contributed by atoms with Crippen molar-refractivity contribution in [1.29, 1.82) is 0 Å². The summed E-state index contributed by atoms with van der Waals surface area (Å²) in [5.41, 5.74) is 3.49. The van der Waals surface area contributed by atoms with Gasteiger partial charge < -0.3 is 10.3 Å².